The molecule has 112 valence electrons. The number of hydrogen-bond donors (Lipinski definition) is 1. The smallest absolute Gasteiger partial charge is 0.122 e. The average molecular weight is 285 g/mol. The number of likely N-dealkylation sites (N-methyl/N-ethyl adjacent to an activating group) is 1. The second-order valence-electron chi connectivity index (χ2n) is 5.45. The first-order valence-corrected chi connectivity index (χ1v) is 7.20. The van der Waals surface area contributed by atoms with E-state index < -0.39 is 0 Å². The van der Waals surface area contributed by atoms with Crippen molar-refractivity contribution in [3.05, 3.63) is 59.7 Å². The summed E-state index contributed by atoms with van der Waals surface area (Å²) in [6.07, 6.45) is 0.943. The van der Waals surface area contributed by atoms with Crippen molar-refractivity contribution in [2.75, 3.05) is 14.2 Å². The average Bonchev–Trinajstić information content (AvgIpc) is 2.50. The quantitative estimate of drug-likeness (QED) is 0.882. The number of aromatic hydroxyl groups is 1. The number of hydrogen-bond acceptors (Lipinski definition) is 3. The molecule has 1 N–H and O–H groups in total. The molecule has 0 amide bonds. The van der Waals surface area contributed by atoms with Crippen molar-refractivity contribution >= 4 is 0 Å². The van der Waals surface area contributed by atoms with Crippen LogP contribution in [-0.2, 0) is 13.0 Å². The van der Waals surface area contributed by atoms with E-state index in [4.69, 9.17) is 4.74 Å². The van der Waals surface area contributed by atoms with Gasteiger partial charge in [-0.05, 0) is 49.7 Å². The maximum atomic E-state index is 9.33. The van der Waals surface area contributed by atoms with Gasteiger partial charge in [0.05, 0.1) is 7.11 Å². The first kappa shape index (κ1) is 15.4. The lowest BCUT2D eigenvalue weighted by atomic mass is 10.0. The first-order valence-electron chi connectivity index (χ1n) is 7.20. The lowest BCUT2D eigenvalue weighted by molar-refractivity contribution is 0.246. The summed E-state index contributed by atoms with van der Waals surface area (Å²) in [5.74, 6) is 1.26. The summed E-state index contributed by atoms with van der Waals surface area (Å²) in [7, 11) is 3.83. The molecule has 0 saturated heterocycles. The summed E-state index contributed by atoms with van der Waals surface area (Å²) in [4.78, 5) is 2.30. The van der Waals surface area contributed by atoms with Gasteiger partial charge in [0, 0.05) is 12.6 Å². The fourth-order valence-corrected chi connectivity index (χ4v) is 2.39. The molecule has 0 fully saturated rings. The van der Waals surface area contributed by atoms with Crippen LogP contribution in [0.2, 0.25) is 0 Å². The Balaban J connectivity index is 1.99. The molecule has 0 spiro atoms. The number of methoxy groups -OCH3 is 1. The third kappa shape index (κ3) is 4.23. The van der Waals surface area contributed by atoms with Crippen molar-refractivity contribution in [1.82, 2.24) is 4.90 Å². The fourth-order valence-electron chi connectivity index (χ4n) is 2.39. The van der Waals surface area contributed by atoms with Crippen molar-refractivity contribution < 1.29 is 9.84 Å². The van der Waals surface area contributed by atoms with Crippen LogP contribution in [0, 0.1) is 0 Å². The molecule has 0 saturated carbocycles. The van der Waals surface area contributed by atoms with Crippen LogP contribution in [0.15, 0.2) is 48.5 Å². The van der Waals surface area contributed by atoms with Crippen LogP contribution in [0.1, 0.15) is 18.1 Å². The molecule has 1 unspecified atom stereocenters. The van der Waals surface area contributed by atoms with Gasteiger partial charge >= 0.3 is 0 Å². The van der Waals surface area contributed by atoms with E-state index in [-0.39, 0.29) is 0 Å². The number of benzene rings is 2. The minimum absolute atomic E-state index is 0.309. The molecule has 21 heavy (non-hydrogen) atoms. The lowest BCUT2D eigenvalue weighted by Gasteiger charge is -2.25. The Kier molecular flexibility index (Phi) is 5.23. The molecule has 0 aromatic heterocycles. The molecule has 0 aliphatic rings. The Morgan fingerprint density at radius 3 is 2.43 bits per heavy atom. The zero-order chi connectivity index (χ0) is 15.2. The lowest BCUT2D eigenvalue weighted by Crippen LogP contribution is -2.30. The zero-order valence-corrected chi connectivity index (χ0v) is 12.9. The van der Waals surface area contributed by atoms with Crippen LogP contribution in [0.5, 0.6) is 11.5 Å². The van der Waals surface area contributed by atoms with E-state index in [9.17, 15) is 5.11 Å². The predicted molar refractivity (Wildman–Crippen MR) is 85.7 cm³/mol. The van der Waals surface area contributed by atoms with E-state index in [1.165, 1.54) is 11.1 Å². The summed E-state index contributed by atoms with van der Waals surface area (Å²) in [6.45, 7) is 3.07. The number of ether oxygens (including phenoxy) is 1. The molecule has 0 aliphatic carbocycles. The van der Waals surface area contributed by atoms with E-state index in [2.05, 4.69) is 24.9 Å². The molecule has 2 aromatic rings. The van der Waals surface area contributed by atoms with Gasteiger partial charge in [0.15, 0.2) is 0 Å². The Morgan fingerprint density at radius 1 is 1.10 bits per heavy atom. The van der Waals surface area contributed by atoms with Crippen LogP contribution in [0.25, 0.3) is 0 Å². The SMILES string of the molecule is COc1ccccc1CC(C)N(C)Cc1ccc(O)cc1. The maximum absolute atomic E-state index is 9.33. The molecule has 3 heteroatoms. The Bertz CT molecular complexity index is 566. The van der Waals surface area contributed by atoms with Gasteiger partial charge < -0.3 is 9.84 Å². The van der Waals surface area contributed by atoms with E-state index in [1.807, 2.05) is 30.3 Å². The van der Waals surface area contributed by atoms with Crippen LogP contribution in [0.3, 0.4) is 0 Å². The summed E-state index contributed by atoms with van der Waals surface area (Å²) in [5.41, 5.74) is 2.42. The number of phenols is 1. The van der Waals surface area contributed by atoms with Crippen molar-refractivity contribution in [1.29, 1.82) is 0 Å². The standard InChI is InChI=1S/C18H23NO2/c1-14(12-16-6-4-5-7-18(16)21-3)19(2)13-15-8-10-17(20)11-9-15/h4-11,14,20H,12-13H2,1-3H3. The molecule has 0 aliphatic heterocycles. The van der Waals surface area contributed by atoms with E-state index in [0.29, 0.717) is 11.8 Å². The fraction of sp³-hybridized carbons (Fsp3) is 0.333. The predicted octanol–water partition coefficient (Wildman–Crippen LogP) is 3.46. The van der Waals surface area contributed by atoms with E-state index in [0.717, 1.165) is 18.7 Å². The number of nitrogens with zero attached hydrogens (tertiary/aromatic N) is 1. The van der Waals surface area contributed by atoms with Gasteiger partial charge in [-0.25, -0.2) is 0 Å². The topological polar surface area (TPSA) is 32.7 Å². The van der Waals surface area contributed by atoms with Crippen molar-refractivity contribution in [3.63, 3.8) is 0 Å². The molecule has 2 aromatic carbocycles. The Hall–Kier alpha value is -2.00. The van der Waals surface area contributed by atoms with Crippen molar-refractivity contribution in [2.24, 2.45) is 0 Å². The third-order valence-electron chi connectivity index (χ3n) is 3.83. The van der Waals surface area contributed by atoms with Gasteiger partial charge in [0.2, 0.25) is 0 Å². The number of phenolic OH excluding ortho intramolecular Hbond substituents is 1. The second-order valence-corrected chi connectivity index (χ2v) is 5.45. The Morgan fingerprint density at radius 2 is 1.76 bits per heavy atom. The summed E-state index contributed by atoms with van der Waals surface area (Å²) < 4.78 is 5.41. The van der Waals surface area contributed by atoms with Gasteiger partial charge in [0.25, 0.3) is 0 Å². The highest BCUT2D eigenvalue weighted by Crippen LogP contribution is 2.21. The van der Waals surface area contributed by atoms with Crippen LogP contribution < -0.4 is 4.74 Å². The largest absolute Gasteiger partial charge is 0.508 e. The Labute approximate surface area is 126 Å². The monoisotopic (exact) mass is 285 g/mol. The van der Waals surface area contributed by atoms with Crippen LogP contribution >= 0.6 is 0 Å². The minimum Gasteiger partial charge on any atom is -0.508 e. The van der Waals surface area contributed by atoms with Crippen LogP contribution in [0.4, 0.5) is 0 Å². The first-order chi connectivity index (χ1) is 10.1. The number of rotatable bonds is 6. The van der Waals surface area contributed by atoms with Gasteiger partial charge in [-0.3, -0.25) is 4.90 Å². The molecule has 3 nitrogen and oxygen atoms in total. The highest BCUT2D eigenvalue weighted by atomic mass is 16.5. The van der Waals surface area contributed by atoms with Gasteiger partial charge in [-0.1, -0.05) is 30.3 Å². The summed E-state index contributed by atoms with van der Waals surface area (Å²) in [6, 6.07) is 15.9. The van der Waals surface area contributed by atoms with Crippen molar-refractivity contribution in [2.45, 2.75) is 25.9 Å². The number of para-hydroxylation sites is 1. The summed E-state index contributed by atoms with van der Waals surface area (Å²) in [5, 5.41) is 9.33. The zero-order valence-electron chi connectivity index (χ0n) is 12.9. The van der Waals surface area contributed by atoms with Gasteiger partial charge in [-0.2, -0.15) is 0 Å². The maximum Gasteiger partial charge on any atom is 0.122 e. The molecule has 2 rings (SSSR count). The van der Waals surface area contributed by atoms with Gasteiger partial charge in [0.1, 0.15) is 11.5 Å². The third-order valence-corrected chi connectivity index (χ3v) is 3.83. The second kappa shape index (κ2) is 7.14. The molecule has 0 bridgehead atoms. The molecule has 1 atom stereocenters. The van der Waals surface area contributed by atoms with E-state index in [1.54, 1.807) is 19.2 Å². The molecule has 0 radical (unpaired) electrons. The highest BCUT2D eigenvalue weighted by molar-refractivity contribution is 5.33. The van der Waals surface area contributed by atoms with Crippen LogP contribution in [-0.4, -0.2) is 30.2 Å². The molecule has 0 heterocycles. The normalized spacial score (nSPS) is 12.4. The minimum atomic E-state index is 0.309. The summed E-state index contributed by atoms with van der Waals surface area (Å²) >= 11 is 0. The highest BCUT2D eigenvalue weighted by Gasteiger charge is 2.13. The van der Waals surface area contributed by atoms with Gasteiger partial charge in [-0.15, -0.1) is 0 Å². The molecular weight excluding hydrogens is 262 g/mol. The van der Waals surface area contributed by atoms with E-state index >= 15 is 0 Å². The molecular formula is C18H23NO2. The van der Waals surface area contributed by atoms with Crippen molar-refractivity contribution in [3.8, 4) is 11.5 Å².